The zero-order chi connectivity index (χ0) is 20.4. The zero-order valence-corrected chi connectivity index (χ0v) is 18.6. The minimum absolute atomic E-state index is 0.615. The number of ether oxygens (including phenoxy) is 1. The van der Waals surface area contributed by atoms with Crippen LogP contribution in [0.3, 0.4) is 0 Å². The fraction of sp³-hybridized carbons (Fsp3) is 0.792. The highest BCUT2D eigenvalue weighted by Gasteiger charge is 2.06. The number of H-pyrrole nitrogens is 1. The summed E-state index contributed by atoms with van der Waals surface area (Å²) in [6.45, 7) is 3.00. The van der Waals surface area contributed by atoms with Gasteiger partial charge in [-0.1, -0.05) is 110 Å². The van der Waals surface area contributed by atoms with Gasteiger partial charge < -0.3 is 9.72 Å². The second-order valence-electron chi connectivity index (χ2n) is 8.29. The number of hydrogen-bond donors (Lipinski definition) is 1. The molecule has 0 aromatic carbocycles. The number of aromatic nitrogens is 4. The molecular weight excluding hydrogens is 360 g/mol. The molecule has 0 spiro atoms. The van der Waals surface area contributed by atoms with Crippen LogP contribution in [-0.2, 0) is 0 Å². The van der Waals surface area contributed by atoms with Crippen molar-refractivity contribution in [3.05, 3.63) is 12.7 Å². The predicted molar refractivity (Wildman–Crippen MR) is 121 cm³/mol. The first-order valence-corrected chi connectivity index (χ1v) is 12.2. The SMILES string of the molecule is CCCCCCCCCCCCCCCCCCCOc1ncnc2nc[nH]c12. The van der Waals surface area contributed by atoms with Gasteiger partial charge in [0.1, 0.15) is 11.8 Å². The summed E-state index contributed by atoms with van der Waals surface area (Å²) in [6, 6.07) is 0. The summed E-state index contributed by atoms with van der Waals surface area (Å²) in [6.07, 6.45) is 26.7. The van der Waals surface area contributed by atoms with Crippen LogP contribution >= 0.6 is 0 Å². The van der Waals surface area contributed by atoms with E-state index in [4.69, 9.17) is 4.74 Å². The second kappa shape index (κ2) is 16.2. The predicted octanol–water partition coefficient (Wildman–Crippen LogP) is 7.38. The Morgan fingerprint density at radius 1 is 0.655 bits per heavy atom. The monoisotopic (exact) mass is 402 g/mol. The molecule has 1 N–H and O–H groups in total. The van der Waals surface area contributed by atoms with Crippen LogP contribution in [0.5, 0.6) is 5.88 Å². The van der Waals surface area contributed by atoms with Gasteiger partial charge in [0, 0.05) is 0 Å². The lowest BCUT2D eigenvalue weighted by molar-refractivity contribution is 0.296. The highest BCUT2D eigenvalue weighted by atomic mass is 16.5. The molecule has 2 heterocycles. The molecule has 0 unspecified atom stereocenters. The van der Waals surface area contributed by atoms with E-state index in [1.54, 1.807) is 6.33 Å². The Morgan fingerprint density at radius 3 is 1.72 bits per heavy atom. The van der Waals surface area contributed by atoms with Crippen molar-refractivity contribution in [2.45, 2.75) is 116 Å². The molecule has 0 aliphatic heterocycles. The third kappa shape index (κ3) is 10.6. The molecule has 5 heteroatoms. The van der Waals surface area contributed by atoms with Gasteiger partial charge in [-0.3, -0.25) is 0 Å². The zero-order valence-electron chi connectivity index (χ0n) is 18.6. The molecule has 0 atom stereocenters. The Morgan fingerprint density at radius 2 is 1.17 bits per heavy atom. The van der Waals surface area contributed by atoms with Crippen molar-refractivity contribution < 1.29 is 4.74 Å². The molecule has 164 valence electrons. The summed E-state index contributed by atoms with van der Waals surface area (Å²) in [7, 11) is 0. The number of nitrogens with one attached hydrogen (secondary N) is 1. The summed E-state index contributed by atoms with van der Waals surface area (Å²) in [5.74, 6) is 0.615. The van der Waals surface area contributed by atoms with Crippen molar-refractivity contribution in [3.8, 4) is 5.88 Å². The van der Waals surface area contributed by atoms with E-state index in [9.17, 15) is 0 Å². The number of unbranched alkanes of at least 4 members (excludes halogenated alkanes) is 16. The van der Waals surface area contributed by atoms with Gasteiger partial charge in [-0.15, -0.1) is 0 Å². The molecule has 0 radical (unpaired) electrons. The lowest BCUT2D eigenvalue weighted by Crippen LogP contribution is -2.00. The van der Waals surface area contributed by atoms with Crippen molar-refractivity contribution in [2.75, 3.05) is 6.61 Å². The molecule has 0 fully saturated rings. The average molecular weight is 403 g/mol. The maximum Gasteiger partial charge on any atom is 0.243 e. The van der Waals surface area contributed by atoms with Gasteiger partial charge in [-0.25, -0.2) is 9.97 Å². The van der Waals surface area contributed by atoms with Crippen LogP contribution in [0.15, 0.2) is 12.7 Å². The first kappa shape index (κ1) is 23.6. The largest absolute Gasteiger partial charge is 0.476 e. The minimum atomic E-state index is 0.615. The highest BCUT2D eigenvalue weighted by molar-refractivity contribution is 5.74. The quantitative estimate of drug-likeness (QED) is 0.249. The van der Waals surface area contributed by atoms with Crippen LogP contribution in [0.25, 0.3) is 11.2 Å². The van der Waals surface area contributed by atoms with Crippen LogP contribution in [0.2, 0.25) is 0 Å². The number of aromatic amines is 1. The Bertz CT molecular complexity index is 628. The molecular formula is C24H42N4O. The fourth-order valence-corrected chi connectivity index (χ4v) is 3.85. The number of hydrogen-bond acceptors (Lipinski definition) is 4. The van der Waals surface area contributed by atoms with Crippen LogP contribution < -0.4 is 4.74 Å². The third-order valence-electron chi connectivity index (χ3n) is 5.67. The Kier molecular flexibility index (Phi) is 13.2. The number of nitrogens with zero attached hydrogens (tertiary/aromatic N) is 3. The molecule has 29 heavy (non-hydrogen) atoms. The minimum Gasteiger partial charge on any atom is -0.476 e. The number of imidazole rings is 1. The lowest BCUT2D eigenvalue weighted by Gasteiger charge is -2.06. The lowest BCUT2D eigenvalue weighted by atomic mass is 10.0. The van der Waals surface area contributed by atoms with Crippen LogP contribution in [-0.4, -0.2) is 26.5 Å². The summed E-state index contributed by atoms with van der Waals surface area (Å²) in [5, 5.41) is 0. The number of fused-ring (bicyclic) bond motifs is 1. The van der Waals surface area contributed by atoms with E-state index in [0.29, 0.717) is 18.1 Å². The fourth-order valence-electron chi connectivity index (χ4n) is 3.85. The van der Waals surface area contributed by atoms with Crippen LogP contribution in [0.4, 0.5) is 0 Å². The van der Waals surface area contributed by atoms with Gasteiger partial charge >= 0.3 is 0 Å². The summed E-state index contributed by atoms with van der Waals surface area (Å²) in [4.78, 5) is 15.4. The molecule has 0 aliphatic carbocycles. The maximum atomic E-state index is 5.78. The summed E-state index contributed by atoms with van der Waals surface area (Å²) in [5.41, 5.74) is 1.46. The maximum absolute atomic E-state index is 5.78. The molecule has 5 nitrogen and oxygen atoms in total. The van der Waals surface area contributed by atoms with Gasteiger partial charge in [-0.05, 0) is 6.42 Å². The Hall–Kier alpha value is -1.65. The van der Waals surface area contributed by atoms with E-state index in [-0.39, 0.29) is 0 Å². The first-order valence-electron chi connectivity index (χ1n) is 12.2. The molecule has 0 aliphatic rings. The first-order chi connectivity index (χ1) is 14.4. The molecule has 0 saturated carbocycles. The van der Waals surface area contributed by atoms with Crippen molar-refractivity contribution in [1.29, 1.82) is 0 Å². The van der Waals surface area contributed by atoms with Crippen molar-refractivity contribution in [3.63, 3.8) is 0 Å². The van der Waals surface area contributed by atoms with E-state index < -0.39 is 0 Å². The van der Waals surface area contributed by atoms with Gasteiger partial charge in [0.05, 0.1) is 12.9 Å². The Balaban J connectivity index is 1.30. The summed E-state index contributed by atoms with van der Waals surface area (Å²) >= 11 is 0. The Labute approximate surface area is 177 Å². The van der Waals surface area contributed by atoms with E-state index >= 15 is 0 Å². The smallest absolute Gasteiger partial charge is 0.243 e. The number of rotatable bonds is 19. The van der Waals surface area contributed by atoms with Gasteiger partial charge in [0.2, 0.25) is 5.88 Å². The van der Waals surface area contributed by atoms with Gasteiger partial charge in [-0.2, -0.15) is 4.98 Å². The van der Waals surface area contributed by atoms with Crippen molar-refractivity contribution in [1.82, 2.24) is 19.9 Å². The van der Waals surface area contributed by atoms with E-state index in [1.807, 2.05) is 0 Å². The van der Waals surface area contributed by atoms with Crippen molar-refractivity contribution in [2.24, 2.45) is 0 Å². The topological polar surface area (TPSA) is 63.7 Å². The van der Waals surface area contributed by atoms with E-state index in [0.717, 1.165) is 11.9 Å². The van der Waals surface area contributed by atoms with Gasteiger partial charge in [0.15, 0.2) is 5.65 Å². The molecule has 0 saturated heterocycles. The van der Waals surface area contributed by atoms with Gasteiger partial charge in [0.25, 0.3) is 0 Å². The molecule has 2 aromatic rings. The summed E-state index contributed by atoms with van der Waals surface area (Å²) < 4.78 is 5.78. The van der Waals surface area contributed by atoms with Crippen molar-refractivity contribution >= 4 is 11.2 Å². The standard InChI is InChI=1S/C24H42N4O/c1-2-3-4-5-6-7-8-9-10-11-12-13-14-15-16-17-18-19-29-24-22-23(26-20-25-22)27-21-28-24/h20-21H,2-19H2,1H3,(H,25,26,27,28). The van der Waals surface area contributed by atoms with Crippen LogP contribution in [0.1, 0.15) is 116 Å². The van der Waals surface area contributed by atoms with E-state index in [1.165, 1.54) is 109 Å². The van der Waals surface area contributed by atoms with E-state index in [2.05, 4.69) is 26.9 Å². The molecule has 2 aromatic heterocycles. The highest BCUT2D eigenvalue weighted by Crippen LogP contribution is 2.18. The normalized spacial score (nSPS) is 11.3. The molecule has 0 bridgehead atoms. The second-order valence-corrected chi connectivity index (χ2v) is 8.29. The molecule has 2 rings (SSSR count). The van der Waals surface area contributed by atoms with Crippen LogP contribution in [0, 0.1) is 0 Å². The average Bonchev–Trinajstić information content (AvgIpc) is 3.22. The third-order valence-corrected chi connectivity index (χ3v) is 5.67. The molecule has 0 amide bonds.